The van der Waals surface area contributed by atoms with E-state index in [0.717, 1.165) is 6.54 Å². The molecular weight excluding hydrogens is 248 g/mol. The summed E-state index contributed by atoms with van der Waals surface area (Å²) < 4.78 is 0. The number of carbonyl (C=O) groups is 1. The van der Waals surface area contributed by atoms with Gasteiger partial charge in [0.05, 0.1) is 5.41 Å². The molecule has 112 valence electrons. The molecule has 1 amide bonds. The molecule has 0 saturated carbocycles. The molecule has 0 aromatic heterocycles. The van der Waals surface area contributed by atoms with Gasteiger partial charge in [-0.05, 0) is 31.2 Å². The third kappa shape index (κ3) is 4.64. The summed E-state index contributed by atoms with van der Waals surface area (Å²) in [5.74, 6) is 1.11. The third-order valence-corrected chi connectivity index (χ3v) is 3.81. The Morgan fingerprint density at radius 1 is 1.20 bits per heavy atom. The van der Waals surface area contributed by atoms with Crippen LogP contribution in [0.2, 0.25) is 0 Å². The van der Waals surface area contributed by atoms with Crippen molar-refractivity contribution in [3.63, 3.8) is 0 Å². The molecule has 0 fully saturated rings. The second-order valence-electron chi connectivity index (χ2n) is 6.36. The maximum absolute atomic E-state index is 11.8. The molecule has 0 aliphatic rings. The maximum atomic E-state index is 11.8. The van der Waals surface area contributed by atoms with Crippen LogP contribution in [0, 0.1) is 11.3 Å². The molecule has 0 aliphatic carbocycles. The Kier molecular flexibility index (Phi) is 6.21. The van der Waals surface area contributed by atoms with Crippen LogP contribution in [0.1, 0.15) is 39.2 Å². The third-order valence-electron chi connectivity index (χ3n) is 3.81. The first kappa shape index (κ1) is 16.7. The molecule has 0 radical (unpaired) electrons. The number of rotatable bonds is 7. The molecule has 0 unspecified atom stereocenters. The summed E-state index contributed by atoms with van der Waals surface area (Å²) in [6.07, 6.45) is 0. The van der Waals surface area contributed by atoms with Gasteiger partial charge in [-0.1, -0.05) is 44.2 Å². The highest BCUT2D eigenvalue weighted by Crippen LogP contribution is 2.24. The van der Waals surface area contributed by atoms with Crippen molar-refractivity contribution in [2.24, 2.45) is 11.3 Å². The van der Waals surface area contributed by atoms with Crippen LogP contribution in [0.4, 0.5) is 0 Å². The van der Waals surface area contributed by atoms with Gasteiger partial charge in [-0.3, -0.25) is 4.79 Å². The maximum Gasteiger partial charge on any atom is 0.226 e. The Morgan fingerprint density at radius 3 is 2.30 bits per heavy atom. The molecule has 1 rings (SSSR count). The summed E-state index contributed by atoms with van der Waals surface area (Å²) in [6, 6.07) is 10.6. The van der Waals surface area contributed by atoms with Crippen molar-refractivity contribution in [1.29, 1.82) is 0 Å². The molecule has 0 aliphatic heterocycles. The van der Waals surface area contributed by atoms with E-state index in [4.69, 9.17) is 0 Å². The van der Waals surface area contributed by atoms with Gasteiger partial charge >= 0.3 is 0 Å². The van der Waals surface area contributed by atoms with Crippen LogP contribution >= 0.6 is 0 Å². The van der Waals surface area contributed by atoms with Crippen LogP contribution < -0.4 is 10.6 Å². The number of benzene rings is 1. The Bertz CT molecular complexity index is 412. The molecule has 0 bridgehead atoms. The average molecular weight is 276 g/mol. The molecule has 1 aromatic rings. The van der Waals surface area contributed by atoms with Crippen LogP contribution in [0.25, 0.3) is 0 Å². The molecule has 0 heterocycles. The number of amides is 1. The zero-order chi connectivity index (χ0) is 15.2. The van der Waals surface area contributed by atoms with Gasteiger partial charge in [0.25, 0.3) is 0 Å². The molecule has 0 spiro atoms. The molecule has 0 saturated heterocycles. The average Bonchev–Trinajstić information content (AvgIpc) is 2.43. The van der Waals surface area contributed by atoms with Crippen molar-refractivity contribution in [3.05, 3.63) is 35.9 Å². The minimum atomic E-state index is -0.382. The quantitative estimate of drug-likeness (QED) is 0.804. The highest BCUT2D eigenvalue weighted by atomic mass is 16.2. The van der Waals surface area contributed by atoms with E-state index >= 15 is 0 Å². The second-order valence-corrected chi connectivity index (χ2v) is 6.36. The van der Waals surface area contributed by atoms with Crippen molar-refractivity contribution in [2.75, 3.05) is 20.1 Å². The SMILES string of the molecule is CNC(=O)C(C)(C)CNC[C@@H](c1ccccc1)C(C)C. The smallest absolute Gasteiger partial charge is 0.226 e. The number of hydrogen-bond donors (Lipinski definition) is 2. The molecule has 1 aromatic carbocycles. The second kappa shape index (κ2) is 7.44. The largest absolute Gasteiger partial charge is 0.359 e. The molecule has 3 nitrogen and oxygen atoms in total. The summed E-state index contributed by atoms with van der Waals surface area (Å²) in [6.45, 7) is 9.98. The van der Waals surface area contributed by atoms with E-state index < -0.39 is 0 Å². The number of hydrogen-bond acceptors (Lipinski definition) is 2. The van der Waals surface area contributed by atoms with Crippen molar-refractivity contribution >= 4 is 5.91 Å². The van der Waals surface area contributed by atoms with Crippen LogP contribution in [0.15, 0.2) is 30.3 Å². The molecule has 3 heteroatoms. The number of carbonyl (C=O) groups excluding carboxylic acids is 1. The topological polar surface area (TPSA) is 41.1 Å². The predicted octanol–water partition coefficient (Wildman–Crippen LogP) is 2.79. The lowest BCUT2D eigenvalue weighted by Crippen LogP contribution is -2.43. The summed E-state index contributed by atoms with van der Waals surface area (Å²) in [7, 11) is 1.69. The Balaban J connectivity index is 2.59. The van der Waals surface area contributed by atoms with E-state index in [9.17, 15) is 4.79 Å². The van der Waals surface area contributed by atoms with Gasteiger partial charge in [0.2, 0.25) is 5.91 Å². The van der Waals surface area contributed by atoms with Crippen LogP contribution in [-0.4, -0.2) is 26.0 Å². The van der Waals surface area contributed by atoms with E-state index in [2.05, 4.69) is 48.7 Å². The van der Waals surface area contributed by atoms with Crippen LogP contribution in [0.3, 0.4) is 0 Å². The highest BCUT2D eigenvalue weighted by Gasteiger charge is 2.26. The molecular formula is C17H28N2O. The molecule has 20 heavy (non-hydrogen) atoms. The van der Waals surface area contributed by atoms with Gasteiger partial charge in [-0.2, -0.15) is 0 Å². The lowest BCUT2D eigenvalue weighted by Gasteiger charge is -2.26. The first-order valence-corrected chi connectivity index (χ1v) is 7.36. The van der Waals surface area contributed by atoms with E-state index in [0.29, 0.717) is 18.4 Å². The Morgan fingerprint density at radius 2 is 1.80 bits per heavy atom. The monoisotopic (exact) mass is 276 g/mol. The summed E-state index contributed by atoms with van der Waals surface area (Å²) in [5.41, 5.74) is 0.972. The van der Waals surface area contributed by atoms with Crippen molar-refractivity contribution in [2.45, 2.75) is 33.6 Å². The fourth-order valence-electron chi connectivity index (χ4n) is 2.40. The summed E-state index contributed by atoms with van der Waals surface area (Å²) in [4.78, 5) is 11.8. The highest BCUT2D eigenvalue weighted by molar-refractivity contribution is 5.81. The van der Waals surface area contributed by atoms with E-state index in [1.165, 1.54) is 5.56 Å². The van der Waals surface area contributed by atoms with Gasteiger partial charge in [-0.25, -0.2) is 0 Å². The summed E-state index contributed by atoms with van der Waals surface area (Å²) in [5, 5.41) is 6.18. The minimum absolute atomic E-state index is 0.0748. The van der Waals surface area contributed by atoms with Gasteiger partial charge in [0, 0.05) is 20.1 Å². The summed E-state index contributed by atoms with van der Waals surface area (Å²) >= 11 is 0. The predicted molar refractivity (Wildman–Crippen MR) is 84.7 cm³/mol. The van der Waals surface area contributed by atoms with E-state index in [1.807, 2.05) is 19.9 Å². The van der Waals surface area contributed by atoms with Gasteiger partial charge in [-0.15, -0.1) is 0 Å². The van der Waals surface area contributed by atoms with Crippen molar-refractivity contribution < 1.29 is 4.79 Å². The van der Waals surface area contributed by atoms with Gasteiger partial charge in [0.1, 0.15) is 0 Å². The van der Waals surface area contributed by atoms with Crippen molar-refractivity contribution in [1.82, 2.24) is 10.6 Å². The van der Waals surface area contributed by atoms with Gasteiger partial charge < -0.3 is 10.6 Å². The lowest BCUT2D eigenvalue weighted by atomic mass is 9.87. The molecule has 1 atom stereocenters. The Labute approximate surface area is 123 Å². The van der Waals surface area contributed by atoms with E-state index in [-0.39, 0.29) is 11.3 Å². The fraction of sp³-hybridized carbons (Fsp3) is 0.588. The molecule has 2 N–H and O–H groups in total. The lowest BCUT2D eigenvalue weighted by molar-refractivity contribution is -0.128. The zero-order valence-corrected chi connectivity index (χ0v) is 13.4. The zero-order valence-electron chi connectivity index (χ0n) is 13.4. The minimum Gasteiger partial charge on any atom is -0.359 e. The first-order valence-electron chi connectivity index (χ1n) is 7.36. The van der Waals surface area contributed by atoms with E-state index in [1.54, 1.807) is 7.05 Å². The normalized spacial score (nSPS) is 13.3. The van der Waals surface area contributed by atoms with Gasteiger partial charge in [0.15, 0.2) is 0 Å². The van der Waals surface area contributed by atoms with Crippen LogP contribution in [-0.2, 0) is 4.79 Å². The number of nitrogens with one attached hydrogen (secondary N) is 2. The Hall–Kier alpha value is -1.35. The van der Waals surface area contributed by atoms with Crippen molar-refractivity contribution in [3.8, 4) is 0 Å². The first-order chi connectivity index (χ1) is 9.38. The standard InChI is InChI=1S/C17H28N2O/c1-13(2)15(14-9-7-6-8-10-14)11-19-12-17(3,4)16(20)18-5/h6-10,13,15,19H,11-12H2,1-5H3,(H,18,20)/t15-/m1/s1. The fourth-order valence-corrected chi connectivity index (χ4v) is 2.40. The van der Waals surface area contributed by atoms with Crippen LogP contribution in [0.5, 0.6) is 0 Å².